The van der Waals surface area contributed by atoms with E-state index < -0.39 is 10.0 Å². The molecular weight excluding hydrogens is 314 g/mol. The van der Waals surface area contributed by atoms with Crippen molar-refractivity contribution < 1.29 is 8.42 Å². The Morgan fingerprint density at radius 2 is 1.73 bits per heavy atom. The molecule has 5 heteroatoms. The molecule has 122 valence electrons. The fourth-order valence-electron chi connectivity index (χ4n) is 3.91. The highest BCUT2D eigenvalue weighted by Crippen LogP contribution is 2.42. The second-order valence-corrected chi connectivity index (χ2v) is 9.42. The Balaban J connectivity index is 1.84. The van der Waals surface area contributed by atoms with Gasteiger partial charge in [0, 0.05) is 17.3 Å². The third-order valence-corrected chi connectivity index (χ3v) is 8.06. The number of hydrogen-bond acceptors (Lipinski definition) is 3. The monoisotopic (exact) mass is 339 g/mol. The minimum absolute atomic E-state index is 0.205. The molecule has 1 aromatic rings. The molecule has 2 atom stereocenters. The zero-order valence-corrected chi connectivity index (χ0v) is 15.0. The number of hydrogen-bond donors (Lipinski definition) is 0. The van der Waals surface area contributed by atoms with Gasteiger partial charge in [0.15, 0.2) is 0 Å². The van der Waals surface area contributed by atoms with Gasteiger partial charge in [0.25, 0.3) is 0 Å². The minimum Gasteiger partial charge on any atom is -0.207 e. The van der Waals surface area contributed by atoms with Gasteiger partial charge in [-0.15, -0.1) is 0 Å². The number of thioether (sulfide) groups is 1. The average Bonchev–Trinajstić information content (AvgIpc) is 2.80. The van der Waals surface area contributed by atoms with Crippen molar-refractivity contribution in [3.63, 3.8) is 0 Å². The van der Waals surface area contributed by atoms with Crippen LogP contribution < -0.4 is 0 Å². The molecule has 2 unspecified atom stereocenters. The fourth-order valence-corrected chi connectivity index (χ4v) is 6.63. The molecule has 3 nitrogen and oxygen atoms in total. The van der Waals surface area contributed by atoms with Crippen molar-refractivity contribution in [3.05, 3.63) is 29.8 Å². The maximum absolute atomic E-state index is 13.0. The zero-order chi connectivity index (χ0) is 15.7. The molecule has 2 bridgehead atoms. The van der Waals surface area contributed by atoms with Crippen LogP contribution in [0.1, 0.15) is 44.6 Å². The highest BCUT2D eigenvalue weighted by molar-refractivity contribution is 7.99. The Labute approximate surface area is 138 Å². The highest BCUT2D eigenvalue weighted by Gasteiger charge is 2.46. The van der Waals surface area contributed by atoms with E-state index in [1.807, 2.05) is 28.2 Å². The van der Waals surface area contributed by atoms with Gasteiger partial charge >= 0.3 is 0 Å². The first-order valence-electron chi connectivity index (χ1n) is 8.21. The van der Waals surface area contributed by atoms with Gasteiger partial charge in [-0.3, -0.25) is 0 Å². The second kappa shape index (κ2) is 6.54. The van der Waals surface area contributed by atoms with Crippen LogP contribution in [0.5, 0.6) is 0 Å². The Bertz CT molecular complexity index is 598. The Morgan fingerprint density at radius 1 is 1.14 bits per heavy atom. The third kappa shape index (κ3) is 2.95. The molecular formula is C17H25NO2S2. The van der Waals surface area contributed by atoms with E-state index in [1.54, 1.807) is 12.1 Å². The summed E-state index contributed by atoms with van der Waals surface area (Å²) in [6.07, 6.45) is 8.28. The van der Waals surface area contributed by atoms with Crippen LogP contribution >= 0.6 is 11.8 Å². The summed E-state index contributed by atoms with van der Waals surface area (Å²) in [6, 6.07) is 7.92. The number of aryl methyl sites for hydroxylation is 1. The van der Waals surface area contributed by atoms with Crippen molar-refractivity contribution >= 4 is 21.8 Å². The predicted octanol–water partition coefficient (Wildman–Crippen LogP) is 3.69. The number of fused-ring (bicyclic) bond motifs is 2. The topological polar surface area (TPSA) is 37.4 Å². The number of nitrogens with zero attached hydrogens (tertiary/aromatic N) is 1. The van der Waals surface area contributed by atoms with Gasteiger partial charge in [0.1, 0.15) is 0 Å². The van der Waals surface area contributed by atoms with Crippen molar-refractivity contribution in [1.29, 1.82) is 0 Å². The summed E-state index contributed by atoms with van der Waals surface area (Å²) >= 11 is 1.89. The van der Waals surface area contributed by atoms with Crippen LogP contribution in [-0.4, -0.2) is 36.3 Å². The van der Waals surface area contributed by atoms with Gasteiger partial charge in [-0.2, -0.15) is 16.1 Å². The lowest BCUT2D eigenvalue weighted by Crippen LogP contribution is -2.47. The Morgan fingerprint density at radius 3 is 2.23 bits per heavy atom. The molecule has 0 amide bonds. The standard InChI is InChI=1S/C17H25NO2S2/c1-3-4-13-5-9-17(10-6-13)22(19,20)18-14-7-8-15(18)12-16(11-14)21-2/h5-6,9-10,14-16H,3-4,7-8,11-12H2,1-2H3. The molecule has 0 aliphatic carbocycles. The van der Waals surface area contributed by atoms with Gasteiger partial charge < -0.3 is 0 Å². The van der Waals surface area contributed by atoms with E-state index >= 15 is 0 Å². The smallest absolute Gasteiger partial charge is 0.207 e. The third-order valence-electron chi connectivity index (χ3n) is 4.99. The summed E-state index contributed by atoms with van der Waals surface area (Å²) < 4.78 is 27.9. The Kier molecular flexibility index (Phi) is 4.86. The quantitative estimate of drug-likeness (QED) is 0.821. The van der Waals surface area contributed by atoms with E-state index in [9.17, 15) is 8.42 Å². The molecule has 3 rings (SSSR count). The van der Waals surface area contributed by atoms with Gasteiger partial charge in [-0.25, -0.2) is 8.42 Å². The van der Waals surface area contributed by atoms with E-state index in [0.717, 1.165) is 38.5 Å². The van der Waals surface area contributed by atoms with E-state index in [-0.39, 0.29) is 12.1 Å². The van der Waals surface area contributed by atoms with Crippen LogP contribution in [0, 0.1) is 0 Å². The summed E-state index contributed by atoms with van der Waals surface area (Å²) in [4.78, 5) is 0.465. The maximum Gasteiger partial charge on any atom is 0.243 e. The second-order valence-electron chi connectivity index (χ2n) is 6.44. The van der Waals surface area contributed by atoms with Gasteiger partial charge in [0.2, 0.25) is 10.0 Å². The summed E-state index contributed by atoms with van der Waals surface area (Å²) in [6.45, 7) is 2.14. The molecule has 0 N–H and O–H groups in total. The molecule has 0 aromatic heterocycles. The molecule has 2 heterocycles. The van der Waals surface area contributed by atoms with Crippen molar-refractivity contribution in [3.8, 4) is 0 Å². The fraction of sp³-hybridized carbons (Fsp3) is 0.647. The molecule has 2 aliphatic heterocycles. The summed E-state index contributed by atoms with van der Waals surface area (Å²) in [5, 5.41) is 0.621. The molecule has 2 saturated heterocycles. The molecule has 22 heavy (non-hydrogen) atoms. The SMILES string of the molecule is CCCc1ccc(S(=O)(=O)N2C3CCC2CC(SC)C3)cc1. The van der Waals surface area contributed by atoms with Crippen molar-refractivity contribution in [2.24, 2.45) is 0 Å². The van der Waals surface area contributed by atoms with Crippen molar-refractivity contribution in [2.45, 2.75) is 67.7 Å². The van der Waals surface area contributed by atoms with Crippen LogP contribution in [0.3, 0.4) is 0 Å². The van der Waals surface area contributed by atoms with Crippen LogP contribution in [0.25, 0.3) is 0 Å². The van der Waals surface area contributed by atoms with E-state index in [4.69, 9.17) is 0 Å². The largest absolute Gasteiger partial charge is 0.243 e. The van der Waals surface area contributed by atoms with Crippen molar-refractivity contribution in [1.82, 2.24) is 4.31 Å². The van der Waals surface area contributed by atoms with Gasteiger partial charge in [-0.05, 0) is 56.1 Å². The number of benzene rings is 1. The molecule has 2 aliphatic rings. The highest BCUT2D eigenvalue weighted by atomic mass is 32.2. The molecule has 1 aromatic carbocycles. The first kappa shape index (κ1) is 16.3. The van der Waals surface area contributed by atoms with E-state index in [1.165, 1.54) is 5.56 Å². The lowest BCUT2D eigenvalue weighted by molar-refractivity contribution is 0.253. The summed E-state index contributed by atoms with van der Waals surface area (Å²) in [7, 11) is -3.34. The molecule has 0 spiro atoms. The average molecular weight is 340 g/mol. The first-order chi connectivity index (χ1) is 10.6. The number of piperidine rings is 1. The lowest BCUT2D eigenvalue weighted by Gasteiger charge is -2.37. The summed E-state index contributed by atoms with van der Waals surface area (Å²) in [5.74, 6) is 0. The lowest BCUT2D eigenvalue weighted by atomic mass is 10.1. The normalized spacial score (nSPS) is 28.9. The summed E-state index contributed by atoms with van der Waals surface area (Å²) in [5.41, 5.74) is 1.21. The molecule has 2 fully saturated rings. The van der Waals surface area contributed by atoms with E-state index in [0.29, 0.717) is 10.1 Å². The molecule has 0 radical (unpaired) electrons. The van der Waals surface area contributed by atoms with Gasteiger partial charge in [0.05, 0.1) is 4.90 Å². The van der Waals surface area contributed by atoms with Crippen LogP contribution in [0.4, 0.5) is 0 Å². The van der Waals surface area contributed by atoms with Gasteiger partial charge in [-0.1, -0.05) is 25.5 Å². The van der Waals surface area contributed by atoms with E-state index in [2.05, 4.69) is 13.2 Å². The number of sulfonamides is 1. The van der Waals surface area contributed by atoms with Crippen LogP contribution in [-0.2, 0) is 16.4 Å². The van der Waals surface area contributed by atoms with Crippen LogP contribution in [0.2, 0.25) is 0 Å². The zero-order valence-electron chi connectivity index (χ0n) is 13.4. The number of rotatable bonds is 5. The Hall–Kier alpha value is -0.520. The van der Waals surface area contributed by atoms with Crippen molar-refractivity contribution in [2.75, 3.05) is 6.26 Å². The first-order valence-corrected chi connectivity index (χ1v) is 10.9. The van der Waals surface area contributed by atoms with Crippen LogP contribution in [0.15, 0.2) is 29.2 Å². The minimum atomic E-state index is -3.34. The maximum atomic E-state index is 13.0. The molecule has 0 saturated carbocycles. The predicted molar refractivity (Wildman–Crippen MR) is 92.8 cm³/mol.